The quantitative estimate of drug-likeness (QED) is 0.428. The minimum atomic E-state index is -1.28. The van der Waals surface area contributed by atoms with Crippen LogP contribution in [0.25, 0.3) is 0 Å². The molecule has 24 heavy (non-hydrogen) atoms. The van der Waals surface area contributed by atoms with Gasteiger partial charge in [0.05, 0.1) is 18.0 Å². The van der Waals surface area contributed by atoms with Gasteiger partial charge in [0.25, 0.3) is 0 Å². The van der Waals surface area contributed by atoms with Crippen LogP contribution in [0.3, 0.4) is 0 Å². The van der Waals surface area contributed by atoms with E-state index in [1.165, 1.54) is 6.07 Å². The third kappa shape index (κ3) is 3.69. The SMILES string of the molecule is O=C(CN[C@@H]1CCNC1)N[C@H]1Cc2cccc(C(=O)O)c2OB1O. The van der Waals surface area contributed by atoms with E-state index in [9.17, 15) is 14.6 Å². The summed E-state index contributed by atoms with van der Waals surface area (Å²) in [6.45, 7) is 1.95. The number of hydrogen-bond donors (Lipinski definition) is 5. The average Bonchev–Trinajstić information content (AvgIpc) is 3.06. The maximum Gasteiger partial charge on any atom is 0.547 e. The molecule has 1 aromatic carbocycles. The Balaban J connectivity index is 1.60. The first-order valence-electron chi connectivity index (χ1n) is 7.98. The van der Waals surface area contributed by atoms with E-state index in [-0.39, 0.29) is 29.8 Å². The number of carbonyl (C=O) groups is 2. The Labute approximate surface area is 139 Å². The molecule has 2 aliphatic rings. The van der Waals surface area contributed by atoms with Gasteiger partial charge in [-0.05, 0) is 31.0 Å². The van der Waals surface area contributed by atoms with Crippen molar-refractivity contribution in [1.82, 2.24) is 16.0 Å². The summed E-state index contributed by atoms with van der Waals surface area (Å²) in [6.07, 6.45) is 1.29. The number of fused-ring (bicyclic) bond motifs is 1. The molecule has 0 saturated carbocycles. The fourth-order valence-electron chi connectivity index (χ4n) is 3.04. The summed E-state index contributed by atoms with van der Waals surface area (Å²) < 4.78 is 5.35. The molecule has 3 rings (SSSR count). The molecule has 1 saturated heterocycles. The van der Waals surface area contributed by atoms with Gasteiger partial charge in [-0.1, -0.05) is 12.1 Å². The van der Waals surface area contributed by atoms with E-state index < -0.39 is 19.0 Å². The summed E-state index contributed by atoms with van der Waals surface area (Å²) >= 11 is 0. The highest BCUT2D eigenvalue weighted by Crippen LogP contribution is 2.30. The van der Waals surface area contributed by atoms with Crippen molar-refractivity contribution in [2.45, 2.75) is 24.8 Å². The van der Waals surface area contributed by atoms with Crippen LogP contribution in [0.4, 0.5) is 0 Å². The molecule has 8 nitrogen and oxygen atoms in total. The number of carboxylic acid groups (broad SMARTS) is 1. The molecule has 1 amide bonds. The first kappa shape index (κ1) is 16.8. The number of nitrogens with one attached hydrogen (secondary N) is 3. The molecule has 0 aromatic heterocycles. The van der Waals surface area contributed by atoms with Crippen molar-refractivity contribution < 1.29 is 24.4 Å². The van der Waals surface area contributed by atoms with Crippen LogP contribution in [0.2, 0.25) is 0 Å². The molecule has 2 atom stereocenters. The van der Waals surface area contributed by atoms with Gasteiger partial charge in [0, 0.05) is 12.6 Å². The molecule has 9 heteroatoms. The van der Waals surface area contributed by atoms with Gasteiger partial charge in [-0.3, -0.25) is 4.79 Å². The smallest absolute Gasteiger partial charge is 0.534 e. The summed E-state index contributed by atoms with van der Waals surface area (Å²) in [5.74, 6) is -1.79. The highest BCUT2D eigenvalue weighted by atomic mass is 16.5. The number of benzene rings is 1. The lowest BCUT2D eigenvalue weighted by molar-refractivity contribution is -0.120. The lowest BCUT2D eigenvalue weighted by atomic mass is 9.72. The number of aromatic carboxylic acids is 1. The minimum absolute atomic E-state index is 0.00623. The Kier molecular flexibility index (Phi) is 5.03. The number of rotatable bonds is 5. The minimum Gasteiger partial charge on any atom is -0.534 e. The van der Waals surface area contributed by atoms with Gasteiger partial charge in [0.1, 0.15) is 5.75 Å². The number of amides is 1. The second-order valence-electron chi connectivity index (χ2n) is 6.06. The second-order valence-corrected chi connectivity index (χ2v) is 6.06. The van der Waals surface area contributed by atoms with Crippen LogP contribution in [0.1, 0.15) is 22.3 Å². The van der Waals surface area contributed by atoms with Gasteiger partial charge < -0.3 is 30.7 Å². The number of para-hydroxylation sites is 1. The van der Waals surface area contributed by atoms with E-state index in [1.807, 2.05) is 0 Å². The molecule has 5 N–H and O–H groups in total. The summed E-state index contributed by atoms with van der Waals surface area (Å²) in [7, 11) is -1.28. The standard InChI is InChI=1S/C15H20BN3O5/c20-13(8-18-10-4-5-17-7-10)19-12-6-9-2-1-3-11(15(21)22)14(9)24-16(12)23/h1-3,10,12,17-18,23H,4-8H2,(H,19,20)(H,21,22)/t10-,12+/m1/s1. The highest BCUT2D eigenvalue weighted by molar-refractivity contribution is 6.47. The van der Waals surface area contributed by atoms with Crippen molar-refractivity contribution in [2.24, 2.45) is 0 Å². The molecule has 2 aliphatic heterocycles. The first-order chi connectivity index (χ1) is 11.5. The largest absolute Gasteiger partial charge is 0.547 e. The van der Waals surface area contributed by atoms with Crippen molar-refractivity contribution in [3.63, 3.8) is 0 Å². The van der Waals surface area contributed by atoms with Crippen LogP contribution >= 0.6 is 0 Å². The maximum atomic E-state index is 12.0. The third-order valence-electron chi connectivity index (χ3n) is 4.31. The molecule has 128 valence electrons. The zero-order valence-electron chi connectivity index (χ0n) is 13.1. The van der Waals surface area contributed by atoms with Crippen molar-refractivity contribution in [2.75, 3.05) is 19.6 Å². The van der Waals surface area contributed by atoms with E-state index in [4.69, 9.17) is 9.76 Å². The molecule has 1 fully saturated rings. The first-order valence-corrected chi connectivity index (χ1v) is 7.98. The Hall–Kier alpha value is -2.10. The third-order valence-corrected chi connectivity index (χ3v) is 4.31. The van der Waals surface area contributed by atoms with Gasteiger partial charge in [-0.2, -0.15) is 0 Å². The summed E-state index contributed by atoms with van der Waals surface area (Å²) in [6, 6.07) is 5.06. The predicted molar refractivity (Wildman–Crippen MR) is 86.9 cm³/mol. The second kappa shape index (κ2) is 7.21. The number of carboxylic acids is 1. The molecular formula is C15H20BN3O5. The Morgan fingerprint density at radius 3 is 2.96 bits per heavy atom. The van der Waals surface area contributed by atoms with Crippen LogP contribution in [-0.4, -0.2) is 60.7 Å². The summed E-state index contributed by atoms with van der Waals surface area (Å²) in [4.78, 5) is 23.3. The fraction of sp³-hybridized carbons (Fsp3) is 0.467. The van der Waals surface area contributed by atoms with Crippen LogP contribution in [0.5, 0.6) is 5.75 Å². The van der Waals surface area contributed by atoms with Crippen LogP contribution in [0, 0.1) is 0 Å². The fourth-order valence-corrected chi connectivity index (χ4v) is 3.04. The van der Waals surface area contributed by atoms with Gasteiger partial charge in [0.15, 0.2) is 0 Å². The summed E-state index contributed by atoms with van der Waals surface area (Å²) in [5, 5.41) is 28.4. The Morgan fingerprint density at radius 2 is 2.25 bits per heavy atom. The molecule has 0 unspecified atom stereocenters. The highest BCUT2D eigenvalue weighted by Gasteiger charge is 2.37. The Bertz CT molecular complexity index is 636. The van der Waals surface area contributed by atoms with E-state index in [0.29, 0.717) is 12.0 Å². The van der Waals surface area contributed by atoms with Gasteiger partial charge >= 0.3 is 13.1 Å². The predicted octanol–water partition coefficient (Wildman–Crippen LogP) is -1.22. The monoisotopic (exact) mass is 333 g/mol. The maximum absolute atomic E-state index is 12.0. The van der Waals surface area contributed by atoms with Gasteiger partial charge in [-0.15, -0.1) is 0 Å². The Morgan fingerprint density at radius 1 is 1.42 bits per heavy atom. The molecule has 0 spiro atoms. The van der Waals surface area contributed by atoms with Crippen LogP contribution in [-0.2, 0) is 11.2 Å². The normalized spacial score (nSPS) is 22.6. The molecule has 2 heterocycles. The van der Waals surface area contributed by atoms with Gasteiger partial charge in [-0.25, -0.2) is 4.79 Å². The average molecular weight is 333 g/mol. The lowest BCUT2D eigenvalue weighted by Crippen LogP contribution is -2.55. The molecule has 0 bridgehead atoms. The van der Waals surface area contributed by atoms with Crippen LogP contribution in [0.15, 0.2) is 18.2 Å². The topological polar surface area (TPSA) is 120 Å². The van der Waals surface area contributed by atoms with Crippen LogP contribution < -0.4 is 20.6 Å². The number of carbonyl (C=O) groups excluding carboxylic acids is 1. The van der Waals surface area contributed by atoms with E-state index in [0.717, 1.165) is 19.5 Å². The van der Waals surface area contributed by atoms with E-state index in [2.05, 4.69) is 16.0 Å². The molecular weight excluding hydrogens is 313 g/mol. The van der Waals surface area contributed by atoms with Gasteiger partial charge in [0.2, 0.25) is 5.91 Å². The van der Waals surface area contributed by atoms with E-state index >= 15 is 0 Å². The van der Waals surface area contributed by atoms with E-state index in [1.54, 1.807) is 12.1 Å². The number of hydrogen-bond acceptors (Lipinski definition) is 6. The van der Waals surface area contributed by atoms with Crippen molar-refractivity contribution in [3.05, 3.63) is 29.3 Å². The molecule has 0 radical (unpaired) electrons. The van der Waals surface area contributed by atoms with Crippen molar-refractivity contribution in [3.8, 4) is 5.75 Å². The molecule has 0 aliphatic carbocycles. The lowest BCUT2D eigenvalue weighted by Gasteiger charge is -2.29. The zero-order valence-corrected chi connectivity index (χ0v) is 13.1. The van der Waals surface area contributed by atoms with Crippen molar-refractivity contribution in [1.29, 1.82) is 0 Å². The van der Waals surface area contributed by atoms with Crippen molar-refractivity contribution >= 4 is 19.0 Å². The zero-order chi connectivity index (χ0) is 17.1. The molecule has 1 aromatic rings. The summed E-state index contributed by atoms with van der Waals surface area (Å²) in [5.41, 5.74) is 0.658.